The van der Waals surface area contributed by atoms with Crippen molar-refractivity contribution in [3.05, 3.63) is 64.5 Å². The number of fused-ring (bicyclic) bond motifs is 6. The number of thiophene rings is 2. The maximum absolute atomic E-state index is 6.06. The third kappa shape index (κ3) is 6.36. The first-order valence-corrected chi connectivity index (χ1v) is 18.5. The molecule has 2 unspecified atom stereocenters. The van der Waals surface area contributed by atoms with Gasteiger partial charge in [0.25, 0.3) is 0 Å². The molecule has 12 heteroatoms. The number of nitrogens with zero attached hydrogens (tertiary/aromatic N) is 4. The van der Waals surface area contributed by atoms with E-state index in [2.05, 4.69) is 97.0 Å². The first kappa shape index (κ1) is 32.1. The highest BCUT2D eigenvalue weighted by Gasteiger charge is 2.53. The molecule has 10 heterocycles. The summed E-state index contributed by atoms with van der Waals surface area (Å²) in [7, 11) is 0. The van der Waals surface area contributed by atoms with E-state index in [0.717, 1.165) is 36.8 Å². The van der Waals surface area contributed by atoms with Gasteiger partial charge in [-0.05, 0) is 109 Å². The van der Waals surface area contributed by atoms with Crippen LogP contribution >= 0.6 is 38.6 Å². The third-order valence-electron chi connectivity index (χ3n) is 10.4. The van der Waals surface area contributed by atoms with Gasteiger partial charge in [-0.15, -0.1) is 22.7 Å². The molecule has 4 aromatic rings. The monoisotopic (exact) mass is 717 g/mol. The largest absolute Gasteiger partial charge is 1.00 e. The van der Waals surface area contributed by atoms with E-state index in [1.54, 1.807) is 22.7 Å². The van der Waals surface area contributed by atoms with Crippen molar-refractivity contribution in [3.8, 4) is 0 Å². The molecule has 0 saturated carbocycles. The fourth-order valence-corrected chi connectivity index (χ4v) is 10.6. The number of piperidine rings is 6. The highest BCUT2D eigenvalue weighted by atomic mass is 79.9. The zero-order valence-corrected chi connectivity index (χ0v) is 29.1. The Hall–Kier alpha value is -2.48. The Kier molecular flexibility index (Phi) is 9.21. The second-order valence-corrected chi connectivity index (χ2v) is 16.8. The van der Waals surface area contributed by atoms with E-state index in [-0.39, 0.29) is 19.6 Å². The summed E-state index contributed by atoms with van der Waals surface area (Å²) < 4.78 is 3.83. The van der Waals surface area contributed by atoms with Gasteiger partial charge in [0.2, 0.25) is 0 Å². The molecule has 2 spiro atoms. The van der Waals surface area contributed by atoms with Crippen LogP contribution in [0.5, 0.6) is 0 Å². The molecule has 7 fully saturated rings. The number of hydrogen-bond donors (Lipinski definition) is 2. The molecule has 8 aliphatic rings. The standard InChI is InChI=1S/C17H19N3OS.C9H15N3O.C8H5BrS.B/c1-2-4-14-12(3-1)9-16(22-14)18-15-10-17(21-19-15)11-20-7-5-13(17)6-8-20;10-8-5-9(13-11-8)6-12-3-1-7(9)2-4-12;9-8-5-6-3-1-2-4-7(6)10-8;/h1-4,9,13H,5-8,10-11H2,(H,18,19);7H,1-6H2,(H2,10,11);1-5H;/q;;;-1. The lowest BCUT2D eigenvalue weighted by atomic mass is 9.74. The van der Waals surface area contributed by atoms with Crippen LogP contribution in [0.25, 0.3) is 20.2 Å². The average Bonchev–Trinajstić information content (AvgIpc) is 3.84. The van der Waals surface area contributed by atoms with Gasteiger partial charge in [-0.3, -0.25) is 15.2 Å². The lowest BCUT2D eigenvalue weighted by molar-refractivity contribution is -0.150. The highest BCUT2D eigenvalue weighted by molar-refractivity contribution is 9.11. The lowest BCUT2D eigenvalue weighted by Crippen LogP contribution is -2.59. The number of benzene rings is 2. The van der Waals surface area contributed by atoms with Gasteiger partial charge in [-0.2, -0.15) is 0 Å². The highest BCUT2D eigenvalue weighted by Crippen LogP contribution is 2.44. The lowest BCUT2D eigenvalue weighted by Gasteiger charge is -2.49. The topological polar surface area (TPSA) is 87.7 Å². The molecule has 0 aliphatic carbocycles. The van der Waals surface area contributed by atoms with Gasteiger partial charge in [0.15, 0.2) is 5.60 Å². The van der Waals surface area contributed by atoms with Crippen molar-refractivity contribution in [2.45, 2.75) is 49.7 Å². The summed E-state index contributed by atoms with van der Waals surface area (Å²) in [5, 5.41) is 7.55. The smallest absolute Gasteiger partial charge is 0.160 e. The van der Waals surface area contributed by atoms with Gasteiger partial charge in [-0.25, -0.2) is 4.99 Å². The second kappa shape index (κ2) is 13.2. The summed E-state index contributed by atoms with van der Waals surface area (Å²) in [6, 6.07) is 21.1. The summed E-state index contributed by atoms with van der Waals surface area (Å²) in [5.74, 6) is 3.02. The fourth-order valence-electron chi connectivity index (χ4n) is 8.07. The number of amidine groups is 2. The van der Waals surface area contributed by atoms with Crippen molar-refractivity contribution >= 4 is 83.9 Å². The molecule has 46 heavy (non-hydrogen) atoms. The Morgan fingerprint density at radius 2 is 1.41 bits per heavy atom. The molecular formula is C34H39BBrN6O2S2-. The molecule has 12 rings (SSSR count). The summed E-state index contributed by atoms with van der Waals surface area (Å²) in [4.78, 5) is 21.4. The minimum absolute atomic E-state index is 0. The molecule has 2 atom stereocenters. The van der Waals surface area contributed by atoms with Crippen LogP contribution in [0.4, 0.5) is 5.00 Å². The summed E-state index contributed by atoms with van der Waals surface area (Å²) >= 11 is 6.95. The van der Waals surface area contributed by atoms with Crippen molar-refractivity contribution in [2.75, 3.05) is 39.3 Å². The molecular weight excluding hydrogens is 679 g/mol. The normalized spacial score (nSPS) is 32.8. The quantitative estimate of drug-likeness (QED) is 0.212. The number of hydrogen-bond acceptors (Lipinski definition) is 9. The van der Waals surface area contributed by atoms with Crippen LogP contribution in [0.3, 0.4) is 0 Å². The molecule has 4 bridgehead atoms. The van der Waals surface area contributed by atoms with Crippen molar-refractivity contribution in [1.82, 2.24) is 15.3 Å². The zero-order valence-electron chi connectivity index (χ0n) is 25.9. The maximum Gasteiger partial charge on any atom is 0.160 e. The maximum atomic E-state index is 6.06. The van der Waals surface area contributed by atoms with E-state index < -0.39 is 0 Å². The number of nitrogens with one attached hydrogen (secondary N) is 1. The Bertz CT molecular complexity index is 1680. The predicted molar refractivity (Wildman–Crippen MR) is 194 cm³/mol. The van der Waals surface area contributed by atoms with Crippen LogP contribution in [0, 0.1) is 11.8 Å². The van der Waals surface area contributed by atoms with Crippen LogP contribution in [0.15, 0.2) is 74.6 Å². The minimum atomic E-state index is -0.0411. The van der Waals surface area contributed by atoms with Crippen LogP contribution < -0.4 is 11.2 Å². The molecule has 240 valence electrons. The van der Waals surface area contributed by atoms with Gasteiger partial charge in [0, 0.05) is 34.8 Å². The van der Waals surface area contributed by atoms with Gasteiger partial charge in [-0.1, -0.05) is 41.6 Å². The minimum Gasteiger partial charge on any atom is -1.00 e. The number of nitrogens with two attached hydrogens (primary N) is 1. The number of oxime groups is 1. The third-order valence-corrected chi connectivity index (χ3v) is 13.0. The van der Waals surface area contributed by atoms with Gasteiger partial charge < -0.3 is 23.9 Å². The molecule has 4 radical (unpaired) electrons. The Morgan fingerprint density at radius 1 is 0.826 bits per heavy atom. The summed E-state index contributed by atoms with van der Waals surface area (Å²) in [6.07, 6.45) is 6.79. The van der Waals surface area contributed by atoms with Crippen LogP contribution in [-0.4, -0.2) is 80.4 Å². The van der Waals surface area contributed by atoms with E-state index in [4.69, 9.17) is 20.4 Å². The van der Waals surface area contributed by atoms with Gasteiger partial charge >= 0.3 is 0 Å². The van der Waals surface area contributed by atoms with Crippen molar-refractivity contribution in [2.24, 2.45) is 27.7 Å². The van der Waals surface area contributed by atoms with Gasteiger partial charge in [0.05, 0.1) is 10.2 Å². The molecule has 2 aromatic carbocycles. The molecule has 3 N–H and O–H groups in total. The van der Waals surface area contributed by atoms with Crippen LogP contribution in [-0.2, 0) is 9.68 Å². The van der Waals surface area contributed by atoms with E-state index in [1.807, 2.05) is 0 Å². The van der Waals surface area contributed by atoms with Crippen molar-refractivity contribution in [3.63, 3.8) is 0 Å². The fraction of sp³-hybridized carbons (Fsp3) is 0.471. The van der Waals surface area contributed by atoms with E-state index in [9.17, 15) is 0 Å². The number of rotatable bonds is 1. The van der Waals surface area contributed by atoms with E-state index >= 15 is 0 Å². The van der Waals surface area contributed by atoms with Gasteiger partial charge in [0.1, 0.15) is 22.3 Å². The Morgan fingerprint density at radius 3 is 1.96 bits per heavy atom. The predicted octanol–water partition coefficient (Wildman–Crippen LogP) is 6.75. The van der Waals surface area contributed by atoms with Crippen molar-refractivity contribution in [1.29, 1.82) is 0 Å². The average molecular weight is 719 g/mol. The van der Waals surface area contributed by atoms with Crippen LogP contribution in [0.2, 0.25) is 0 Å². The molecule has 0 amide bonds. The Balaban J connectivity index is 0.000000120. The first-order valence-electron chi connectivity index (χ1n) is 16.0. The van der Waals surface area contributed by atoms with E-state index in [1.165, 1.54) is 75.8 Å². The molecule has 7 saturated heterocycles. The molecule has 8 nitrogen and oxygen atoms in total. The Labute approximate surface area is 288 Å². The second-order valence-electron chi connectivity index (χ2n) is 13.2. The van der Waals surface area contributed by atoms with E-state index in [0.29, 0.717) is 17.7 Å². The van der Waals surface area contributed by atoms with Crippen LogP contribution in [0.1, 0.15) is 38.5 Å². The van der Waals surface area contributed by atoms with Crippen molar-refractivity contribution < 1.29 is 9.68 Å². The number of aliphatic imine (C=N–C) groups is 1. The summed E-state index contributed by atoms with van der Waals surface area (Å²) in [6.45, 7) is 7.01. The first-order chi connectivity index (χ1) is 22.0. The zero-order chi connectivity index (χ0) is 30.4. The molecule has 2 aromatic heterocycles. The number of halogens is 1. The summed E-state index contributed by atoms with van der Waals surface area (Å²) in [5.41, 5.74) is 8.73. The SMILES string of the molecule is Brc1cc2ccccc2s1.NC1=NOC2(C1)CN1CCC2CC1.[B-].c1ccc2sc(N=C3CC4(CN5CCC4CC5)ON3)cc2c1. The number of hydroxylamine groups is 1. The molecule has 8 aliphatic heterocycles.